The highest BCUT2D eigenvalue weighted by Crippen LogP contribution is 2.28. The number of nitrogens with one attached hydrogen (secondary N) is 1. The zero-order valence-corrected chi connectivity index (χ0v) is 16.7. The highest BCUT2D eigenvalue weighted by Gasteiger charge is 2.15. The third-order valence-electron chi connectivity index (χ3n) is 2.66. The van der Waals surface area contributed by atoms with E-state index in [0.717, 1.165) is 9.35 Å². The van der Waals surface area contributed by atoms with Crippen LogP contribution in [0, 0.1) is 0 Å². The Morgan fingerprint density at radius 1 is 1.18 bits per heavy atom. The Morgan fingerprint density at radius 2 is 1.86 bits per heavy atom. The first-order valence-corrected chi connectivity index (χ1v) is 11.2. The third kappa shape index (κ3) is 5.12. The summed E-state index contributed by atoms with van der Waals surface area (Å²) in [4.78, 5) is 0. The van der Waals surface area contributed by atoms with Crippen molar-refractivity contribution in [2.75, 3.05) is 12.3 Å². The van der Waals surface area contributed by atoms with E-state index in [2.05, 4.69) is 20.7 Å². The van der Waals surface area contributed by atoms with Gasteiger partial charge in [-0.25, -0.2) is 13.1 Å². The van der Waals surface area contributed by atoms with E-state index in [9.17, 15) is 8.42 Å². The van der Waals surface area contributed by atoms with Crippen molar-refractivity contribution in [3.05, 3.63) is 49.7 Å². The summed E-state index contributed by atoms with van der Waals surface area (Å²) in [5.41, 5.74) is 0.876. The fraction of sp³-hybridized carbons (Fsp3) is 0.231. The molecule has 22 heavy (non-hydrogen) atoms. The number of benzene rings is 1. The van der Waals surface area contributed by atoms with Crippen LogP contribution in [0.2, 0.25) is 10.0 Å². The van der Waals surface area contributed by atoms with Crippen LogP contribution in [0.3, 0.4) is 0 Å². The van der Waals surface area contributed by atoms with Gasteiger partial charge in [0.25, 0.3) is 0 Å². The number of hydrogen-bond acceptors (Lipinski definition) is 4. The Labute approximate surface area is 156 Å². The summed E-state index contributed by atoms with van der Waals surface area (Å²) in [6, 6.07) is 8.68. The van der Waals surface area contributed by atoms with E-state index in [1.165, 1.54) is 11.3 Å². The Hall–Kier alpha value is 0.240. The van der Waals surface area contributed by atoms with E-state index in [0.29, 0.717) is 32.3 Å². The van der Waals surface area contributed by atoms with E-state index in [-0.39, 0.29) is 0 Å². The van der Waals surface area contributed by atoms with Crippen LogP contribution < -0.4 is 4.72 Å². The molecule has 2 rings (SSSR count). The monoisotopic (exact) mass is 459 g/mol. The Morgan fingerprint density at radius 3 is 2.45 bits per heavy atom. The molecule has 0 aliphatic rings. The maximum atomic E-state index is 12.0. The van der Waals surface area contributed by atoms with Crippen molar-refractivity contribution < 1.29 is 8.42 Å². The van der Waals surface area contributed by atoms with Gasteiger partial charge in [-0.1, -0.05) is 29.3 Å². The molecule has 0 aliphatic heterocycles. The topological polar surface area (TPSA) is 46.2 Å². The Kier molecular flexibility index (Phi) is 7.07. The number of halogens is 3. The molecule has 1 aromatic carbocycles. The highest BCUT2D eigenvalue weighted by atomic mass is 79.9. The lowest BCUT2D eigenvalue weighted by atomic mass is 10.2. The summed E-state index contributed by atoms with van der Waals surface area (Å²) in [5, 5.41) is 1.26. The van der Waals surface area contributed by atoms with Crippen molar-refractivity contribution in [1.29, 1.82) is 0 Å². The molecule has 0 aliphatic carbocycles. The molecule has 0 spiro atoms. The van der Waals surface area contributed by atoms with Gasteiger partial charge in [0.15, 0.2) is 0 Å². The summed E-state index contributed by atoms with van der Waals surface area (Å²) >= 11 is 18.2. The van der Waals surface area contributed by atoms with E-state index < -0.39 is 10.0 Å². The molecule has 0 unspecified atom stereocenters. The molecule has 0 bridgehead atoms. The number of rotatable bonds is 7. The molecule has 0 saturated heterocycles. The van der Waals surface area contributed by atoms with Crippen molar-refractivity contribution in [3.63, 3.8) is 0 Å². The second kappa shape index (κ2) is 8.37. The lowest BCUT2D eigenvalue weighted by Crippen LogP contribution is -2.25. The van der Waals surface area contributed by atoms with Gasteiger partial charge in [-0.2, -0.15) is 11.8 Å². The molecule has 9 heteroatoms. The van der Waals surface area contributed by atoms with Crippen LogP contribution >= 0.6 is 62.2 Å². The third-order valence-corrected chi connectivity index (χ3v) is 7.93. The van der Waals surface area contributed by atoms with Crippen LogP contribution in [0.15, 0.2) is 38.3 Å². The Balaban J connectivity index is 1.80. The first-order valence-electron chi connectivity index (χ1n) is 6.16. The van der Waals surface area contributed by atoms with Gasteiger partial charge >= 0.3 is 0 Å². The van der Waals surface area contributed by atoms with Crippen molar-refractivity contribution in [2.24, 2.45) is 0 Å². The smallest absolute Gasteiger partial charge is 0.210 e. The minimum Gasteiger partial charge on any atom is -0.210 e. The molecule has 0 atom stereocenters. The quantitative estimate of drug-likeness (QED) is 0.589. The maximum Gasteiger partial charge on any atom is 0.250 e. The van der Waals surface area contributed by atoms with Gasteiger partial charge < -0.3 is 0 Å². The molecule has 120 valence electrons. The second-order valence-corrected chi connectivity index (χ2v) is 10.6. The van der Waals surface area contributed by atoms with Crippen molar-refractivity contribution in [1.82, 2.24) is 4.72 Å². The molecule has 1 aromatic heterocycles. The first kappa shape index (κ1) is 18.6. The van der Waals surface area contributed by atoms with Crippen LogP contribution in [-0.4, -0.2) is 20.7 Å². The first-order chi connectivity index (χ1) is 10.4. The Bertz CT molecular complexity index is 729. The molecule has 0 saturated carbocycles. The average Bonchev–Trinajstić information content (AvgIpc) is 2.89. The van der Waals surface area contributed by atoms with E-state index >= 15 is 0 Å². The van der Waals surface area contributed by atoms with Gasteiger partial charge in [-0.05, 0) is 45.8 Å². The SMILES string of the molecule is O=S(=O)(NCCSCc1c(Cl)cccc1Cl)c1ccc(Br)s1. The molecule has 1 N–H and O–H groups in total. The minimum absolute atomic E-state index is 0.304. The molecule has 1 heterocycles. The number of thioether (sulfide) groups is 1. The van der Waals surface area contributed by atoms with E-state index in [4.69, 9.17) is 23.2 Å². The maximum absolute atomic E-state index is 12.0. The number of hydrogen-bond donors (Lipinski definition) is 1. The van der Waals surface area contributed by atoms with Gasteiger partial charge in [0, 0.05) is 28.1 Å². The molecular formula is C13H12BrCl2NO2S3. The fourth-order valence-corrected chi connectivity index (χ4v) is 6.42. The molecule has 0 fully saturated rings. The predicted octanol–water partition coefficient (Wildman–Crippen LogP) is 5.03. The zero-order valence-electron chi connectivity index (χ0n) is 11.2. The van der Waals surface area contributed by atoms with Crippen molar-refractivity contribution in [2.45, 2.75) is 9.96 Å². The summed E-state index contributed by atoms with van der Waals surface area (Å²) in [6.45, 7) is 0.352. The van der Waals surface area contributed by atoms with Gasteiger partial charge in [0.05, 0.1) is 3.79 Å². The van der Waals surface area contributed by atoms with Crippen molar-refractivity contribution in [3.8, 4) is 0 Å². The summed E-state index contributed by atoms with van der Waals surface area (Å²) in [5.74, 6) is 1.28. The lowest BCUT2D eigenvalue weighted by Gasteiger charge is -2.07. The van der Waals surface area contributed by atoms with Crippen LogP contribution in [0.5, 0.6) is 0 Å². The van der Waals surface area contributed by atoms with Crippen LogP contribution in [0.1, 0.15) is 5.56 Å². The molecule has 3 nitrogen and oxygen atoms in total. The summed E-state index contributed by atoms with van der Waals surface area (Å²) in [6.07, 6.45) is 0. The van der Waals surface area contributed by atoms with Crippen LogP contribution in [-0.2, 0) is 15.8 Å². The predicted molar refractivity (Wildman–Crippen MR) is 99.8 cm³/mol. The average molecular weight is 461 g/mol. The van der Waals surface area contributed by atoms with Crippen LogP contribution in [0.25, 0.3) is 0 Å². The number of thiophene rings is 1. The fourth-order valence-electron chi connectivity index (χ4n) is 1.61. The standard InChI is InChI=1S/C13H12BrCl2NO2S3/c14-12-4-5-13(21-12)22(18,19)17-6-7-20-8-9-10(15)2-1-3-11(9)16/h1-5,17H,6-8H2. The van der Waals surface area contributed by atoms with Crippen LogP contribution in [0.4, 0.5) is 0 Å². The lowest BCUT2D eigenvalue weighted by molar-refractivity contribution is 0.586. The minimum atomic E-state index is -3.43. The largest absolute Gasteiger partial charge is 0.250 e. The van der Waals surface area contributed by atoms with Gasteiger partial charge in [0.1, 0.15) is 4.21 Å². The normalized spacial score (nSPS) is 11.8. The summed E-state index contributed by atoms with van der Waals surface area (Å²) < 4.78 is 27.7. The molecular weight excluding hydrogens is 449 g/mol. The molecule has 0 amide bonds. The molecule has 0 radical (unpaired) electrons. The zero-order chi connectivity index (χ0) is 16.2. The number of sulfonamides is 1. The second-order valence-electron chi connectivity index (χ2n) is 4.21. The van der Waals surface area contributed by atoms with E-state index in [1.54, 1.807) is 42.1 Å². The van der Waals surface area contributed by atoms with Gasteiger partial charge in [-0.3, -0.25) is 0 Å². The van der Waals surface area contributed by atoms with Crippen molar-refractivity contribution >= 4 is 72.3 Å². The summed E-state index contributed by atoms with van der Waals surface area (Å²) in [7, 11) is -3.43. The van der Waals surface area contributed by atoms with Gasteiger partial charge in [-0.15, -0.1) is 11.3 Å². The highest BCUT2D eigenvalue weighted by molar-refractivity contribution is 9.11. The van der Waals surface area contributed by atoms with E-state index in [1.807, 2.05) is 0 Å². The molecule has 2 aromatic rings. The van der Waals surface area contributed by atoms with Gasteiger partial charge in [0.2, 0.25) is 10.0 Å².